The summed E-state index contributed by atoms with van der Waals surface area (Å²) in [5, 5.41) is 17.8. The van der Waals surface area contributed by atoms with E-state index >= 15 is 0 Å². The monoisotopic (exact) mass is 414 g/mol. The van der Waals surface area contributed by atoms with Crippen molar-refractivity contribution >= 4 is 19.8 Å². The lowest BCUT2D eigenvalue weighted by atomic mass is 10.2. The molecule has 10 nitrogen and oxygen atoms in total. The zero-order valence-corrected chi connectivity index (χ0v) is 16.8. The molecule has 0 aliphatic heterocycles. The first-order valence-corrected chi connectivity index (χ1v) is 10.5. The highest BCUT2D eigenvalue weighted by molar-refractivity contribution is 7.47. The summed E-state index contributed by atoms with van der Waals surface area (Å²) in [5.41, 5.74) is 0. The summed E-state index contributed by atoms with van der Waals surface area (Å²) in [7, 11) is -4.54. The predicted molar refractivity (Wildman–Crippen MR) is 94.7 cm³/mol. The van der Waals surface area contributed by atoms with E-state index in [-0.39, 0.29) is 19.4 Å². The Kier molecular flexibility index (Phi) is 14.4. The Morgan fingerprint density at radius 1 is 1.00 bits per heavy atom. The number of phosphoric ester groups is 1. The molecule has 0 rings (SSSR count). The van der Waals surface area contributed by atoms with Crippen molar-refractivity contribution in [1.29, 1.82) is 0 Å². The maximum Gasteiger partial charge on any atom is 0.472 e. The van der Waals surface area contributed by atoms with Gasteiger partial charge < -0.3 is 24.6 Å². The molecule has 3 N–H and O–H groups in total. The second-order valence-electron chi connectivity index (χ2n) is 5.86. The van der Waals surface area contributed by atoms with Gasteiger partial charge in [0.2, 0.25) is 0 Å². The molecule has 0 bridgehead atoms. The molecule has 27 heavy (non-hydrogen) atoms. The Hall–Kier alpha value is -1.03. The molecule has 0 saturated carbocycles. The first-order chi connectivity index (χ1) is 12.7. The van der Waals surface area contributed by atoms with E-state index < -0.39 is 51.8 Å². The van der Waals surface area contributed by atoms with Crippen molar-refractivity contribution in [3.8, 4) is 0 Å². The maximum atomic E-state index is 11.7. The van der Waals surface area contributed by atoms with E-state index in [0.29, 0.717) is 6.42 Å². The first-order valence-electron chi connectivity index (χ1n) is 8.99. The van der Waals surface area contributed by atoms with E-state index in [2.05, 4.69) is 11.4 Å². The molecule has 160 valence electrons. The number of unbranched alkanes of at least 4 members (excludes halogenated alkanes) is 3. The number of esters is 2. The number of hydrogen-bond acceptors (Lipinski definition) is 9. The second-order valence-corrected chi connectivity index (χ2v) is 7.31. The number of carbonyl (C=O) groups is 2. The molecule has 0 radical (unpaired) electrons. The second kappa shape index (κ2) is 15.0. The summed E-state index contributed by atoms with van der Waals surface area (Å²) in [6.45, 7) is 1.49. The van der Waals surface area contributed by atoms with E-state index in [1.807, 2.05) is 0 Å². The molecule has 0 saturated heterocycles. The molecular formula is C16H31O10P. The van der Waals surface area contributed by atoms with Crippen LogP contribution in [0.5, 0.6) is 0 Å². The van der Waals surface area contributed by atoms with Gasteiger partial charge in [-0.05, 0) is 6.42 Å². The van der Waals surface area contributed by atoms with Crippen molar-refractivity contribution in [3.63, 3.8) is 0 Å². The number of ether oxygens (including phenoxy) is 2. The van der Waals surface area contributed by atoms with Crippen LogP contribution in [0.15, 0.2) is 0 Å². The SMILES string of the molecule is CCCCCCC(=O)OC[C@H](COP(=O)(O)OC[C@@H](O)CO)OC(=O)CC. The van der Waals surface area contributed by atoms with E-state index in [0.717, 1.165) is 19.3 Å². The standard InChI is InChI=1S/C16H31O10P/c1-3-5-6-7-8-16(20)23-11-14(26-15(19)4-2)12-25-27(21,22)24-10-13(18)9-17/h13-14,17-18H,3-12H2,1-2H3,(H,21,22)/t13-,14+/m0/s1. The van der Waals surface area contributed by atoms with Crippen LogP contribution in [0, 0.1) is 0 Å². The van der Waals surface area contributed by atoms with Gasteiger partial charge in [0.05, 0.1) is 19.8 Å². The topological polar surface area (TPSA) is 149 Å². The molecule has 0 heterocycles. The molecule has 3 atom stereocenters. The van der Waals surface area contributed by atoms with Gasteiger partial charge in [0.25, 0.3) is 0 Å². The number of phosphoric acid groups is 1. The Bertz CT molecular complexity index is 470. The van der Waals surface area contributed by atoms with Crippen LogP contribution < -0.4 is 0 Å². The predicted octanol–water partition coefficient (Wildman–Crippen LogP) is 1.31. The van der Waals surface area contributed by atoms with Crippen LogP contribution in [-0.4, -0.2) is 65.7 Å². The summed E-state index contributed by atoms with van der Waals surface area (Å²) in [6.07, 6.45) is 1.55. The van der Waals surface area contributed by atoms with Gasteiger partial charge in [-0.15, -0.1) is 0 Å². The van der Waals surface area contributed by atoms with Gasteiger partial charge in [-0.25, -0.2) is 4.57 Å². The number of aliphatic hydroxyl groups excluding tert-OH is 2. The minimum Gasteiger partial charge on any atom is -0.462 e. The van der Waals surface area contributed by atoms with Gasteiger partial charge in [0.15, 0.2) is 6.10 Å². The molecule has 0 aromatic heterocycles. The van der Waals surface area contributed by atoms with Gasteiger partial charge in [0.1, 0.15) is 12.7 Å². The van der Waals surface area contributed by atoms with Crippen LogP contribution >= 0.6 is 7.82 Å². The molecule has 1 unspecified atom stereocenters. The molecule has 0 fully saturated rings. The van der Waals surface area contributed by atoms with Crippen molar-refractivity contribution in [2.24, 2.45) is 0 Å². The highest BCUT2D eigenvalue weighted by atomic mass is 31.2. The summed E-state index contributed by atoms with van der Waals surface area (Å²) in [6, 6.07) is 0. The van der Waals surface area contributed by atoms with Crippen molar-refractivity contribution < 1.29 is 47.8 Å². The maximum absolute atomic E-state index is 11.7. The minimum absolute atomic E-state index is 0.0669. The Morgan fingerprint density at radius 3 is 2.26 bits per heavy atom. The third kappa shape index (κ3) is 14.7. The fourth-order valence-corrected chi connectivity index (χ4v) is 2.58. The van der Waals surface area contributed by atoms with Crippen LogP contribution in [0.1, 0.15) is 52.4 Å². The molecule has 0 aliphatic rings. The van der Waals surface area contributed by atoms with Crippen LogP contribution in [0.2, 0.25) is 0 Å². The van der Waals surface area contributed by atoms with E-state index in [4.69, 9.17) is 24.2 Å². The summed E-state index contributed by atoms with van der Waals surface area (Å²) >= 11 is 0. The van der Waals surface area contributed by atoms with Crippen LogP contribution in [0.4, 0.5) is 0 Å². The van der Waals surface area contributed by atoms with Gasteiger partial charge >= 0.3 is 19.8 Å². The molecule has 11 heteroatoms. The average Bonchev–Trinajstić information content (AvgIpc) is 2.65. The minimum atomic E-state index is -4.54. The summed E-state index contributed by atoms with van der Waals surface area (Å²) in [4.78, 5) is 32.7. The van der Waals surface area contributed by atoms with Crippen LogP contribution in [-0.2, 0) is 32.7 Å². The van der Waals surface area contributed by atoms with Crippen molar-refractivity contribution in [2.45, 2.75) is 64.6 Å². The van der Waals surface area contributed by atoms with Gasteiger partial charge in [-0.1, -0.05) is 33.1 Å². The fraction of sp³-hybridized carbons (Fsp3) is 0.875. The Morgan fingerprint density at radius 2 is 1.67 bits per heavy atom. The zero-order valence-electron chi connectivity index (χ0n) is 15.9. The van der Waals surface area contributed by atoms with Crippen LogP contribution in [0.25, 0.3) is 0 Å². The molecule has 0 aromatic rings. The molecular weight excluding hydrogens is 383 g/mol. The largest absolute Gasteiger partial charge is 0.472 e. The normalized spacial score (nSPS) is 15.6. The zero-order chi connectivity index (χ0) is 20.7. The quantitative estimate of drug-likeness (QED) is 0.192. The lowest BCUT2D eigenvalue weighted by Gasteiger charge is -2.20. The molecule has 0 aliphatic carbocycles. The summed E-state index contributed by atoms with van der Waals surface area (Å²) < 4.78 is 31.0. The average molecular weight is 414 g/mol. The summed E-state index contributed by atoms with van der Waals surface area (Å²) in [5.74, 6) is -1.05. The van der Waals surface area contributed by atoms with Gasteiger partial charge in [0, 0.05) is 12.8 Å². The van der Waals surface area contributed by atoms with E-state index in [1.54, 1.807) is 6.92 Å². The number of rotatable bonds is 16. The number of aliphatic hydroxyl groups is 2. The highest BCUT2D eigenvalue weighted by Crippen LogP contribution is 2.43. The lowest BCUT2D eigenvalue weighted by molar-refractivity contribution is -0.161. The number of carbonyl (C=O) groups excluding carboxylic acids is 2. The van der Waals surface area contributed by atoms with Gasteiger partial charge in [-0.3, -0.25) is 18.6 Å². The van der Waals surface area contributed by atoms with Crippen molar-refractivity contribution in [3.05, 3.63) is 0 Å². The van der Waals surface area contributed by atoms with Gasteiger partial charge in [-0.2, -0.15) is 0 Å². The Labute approximate surface area is 159 Å². The molecule has 0 amide bonds. The van der Waals surface area contributed by atoms with E-state index in [9.17, 15) is 19.0 Å². The molecule has 0 spiro atoms. The lowest BCUT2D eigenvalue weighted by Crippen LogP contribution is -2.29. The smallest absolute Gasteiger partial charge is 0.462 e. The molecule has 0 aromatic carbocycles. The van der Waals surface area contributed by atoms with E-state index in [1.165, 1.54) is 0 Å². The third-order valence-corrected chi connectivity index (χ3v) is 4.27. The Balaban J connectivity index is 4.44. The fourth-order valence-electron chi connectivity index (χ4n) is 1.79. The van der Waals surface area contributed by atoms with Crippen molar-refractivity contribution in [2.75, 3.05) is 26.4 Å². The number of hydrogen-bond donors (Lipinski definition) is 3. The van der Waals surface area contributed by atoms with Crippen LogP contribution in [0.3, 0.4) is 0 Å². The third-order valence-electron chi connectivity index (χ3n) is 3.32. The van der Waals surface area contributed by atoms with Crippen molar-refractivity contribution in [1.82, 2.24) is 0 Å². The highest BCUT2D eigenvalue weighted by Gasteiger charge is 2.26. The first kappa shape index (κ1) is 26.0.